The number of methoxy groups -OCH3 is 1. The van der Waals surface area contributed by atoms with Crippen molar-refractivity contribution in [1.29, 1.82) is 0 Å². The molecule has 1 amide bonds. The number of amides is 1. The molecule has 2 fully saturated rings. The second-order valence-electron chi connectivity index (χ2n) is 11.9. The molecule has 5 rings (SSSR count). The van der Waals surface area contributed by atoms with Crippen LogP contribution in [0, 0.1) is 5.92 Å². The molecule has 2 aromatic carbocycles. The molecule has 3 heterocycles. The summed E-state index contributed by atoms with van der Waals surface area (Å²) in [4.78, 5) is 22.8. The molecule has 3 N–H and O–H groups in total. The Morgan fingerprint density at radius 3 is 2.63 bits per heavy atom. The van der Waals surface area contributed by atoms with E-state index in [0.717, 1.165) is 81.6 Å². The van der Waals surface area contributed by atoms with Crippen molar-refractivity contribution in [1.82, 2.24) is 14.5 Å². The predicted molar refractivity (Wildman–Crippen MR) is 164 cm³/mol. The number of aromatic nitrogens is 2. The first-order valence-electron chi connectivity index (χ1n) is 15.5. The quantitative estimate of drug-likeness (QED) is 0.320. The summed E-state index contributed by atoms with van der Waals surface area (Å²) in [5, 5.41) is 9.21. The molecule has 2 aliphatic rings. The lowest BCUT2D eigenvalue weighted by molar-refractivity contribution is -0.132. The predicted octanol–water partition coefficient (Wildman–Crippen LogP) is 4.34. The summed E-state index contributed by atoms with van der Waals surface area (Å²) in [7, 11) is 1.74. The number of aryl methyl sites for hydroxylation is 1. The number of nitrogens with two attached hydrogens (primary N) is 1. The Bertz CT molecular complexity index is 1250. The topological polar surface area (TPSA) is 96.8 Å². The van der Waals surface area contributed by atoms with E-state index in [1.54, 1.807) is 7.11 Å². The number of aliphatic hydroxyl groups excluding tert-OH is 1. The number of fused-ring (bicyclic) bond motifs is 1. The number of piperidine rings is 2. The minimum Gasteiger partial charge on any atom is -0.396 e. The summed E-state index contributed by atoms with van der Waals surface area (Å²) in [6.07, 6.45) is 7.18. The zero-order chi connectivity index (χ0) is 28.6. The van der Waals surface area contributed by atoms with Crippen molar-refractivity contribution < 1.29 is 14.6 Å². The second kappa shape index (κ2) is 14.3. The average molecular weight is 562 g/mol. The number of carbonyl (C=O) groups excluding carboxylic acids is 1. The molecule has 8 heteroatoms. The van der Waals surface area contributed by atoms with Crippen LogP contribution in [0.5, 0.6) is 0 Å². The lowest BCUT2D eigenvalue weighted by Gasteiger charge is -2.34. The van der Waals surface area contributed by atoms with Crippen LogP contribution in [-0.2, 0) is 22.5 Å². The van der Waals surface area contributed by atoms with Crippen LogP contribution in [0.1, 0.15) is 62.3 Å². The highest BCUT2D eigenvalue weighted by Crippen LogP contribution is 2.30. The van der Waals surface area contributed by atoms with Gasteiger partial charge in [0.25, 0.3) is 0 Å². The van der Waals surface area contributed by atoms with Crippen molar-refractivity contribution in [3.05, 3.63) is 59.9 Å². The van der Waals surface area contributed by atoms with Gasteiger partial charge in [0.2, 0.25) is 5.91 Å². The lowest BCUT2D eigenvalue weighted by atomic mass is 9.93. The number of carbonyl (C=O) groups is 1. The maximum absolute atomic E-state index is 13.4. The Morgan fingerprint density at radius 1 is 1.10 bits per heavy atom. The monoisotopic (exact) mass is 561 g/mol. The van der Waals surface area contributed by atoms with E-state index in [1.807, 2.05) is 11.0 Å². The number of anilines is 1. The Morgan fingerprint density at radius 2 is 1.88 bits per heavy atom. The first-order chi connectivity index (χ1) is 20.1. The normalized spacial score (nSPS) is 19.1. The highest BCUT2D eigenvalue weighted by Gasteiger charge is 2.29. The molecule has 1 aromatic heterocycles. The third kappa shape index (κ3) is 7.48. The standard InChI is InChI=1S/C33H47N5O3/c1-41-21-5-17-38-31-8-3-2-7-30(31)35-33(38)27-6-4-16-37(24-27)32(40)23-28(34)22-26-9-11-29(12-10-26)36-18-13-25(14-19-36)15-20-39/h2-3,7-12,25,27-28,39H,4-6,13-24,34H2,1H3/t27-,28-/m1/s1. The first kappa shape index (κ1) is 29.5. The number of aliphatic hydroxyl groups is 1. The third-order valence-corrected chi connectivity index (χ3v) is 8.94. The van der Waals surface area contributed by atoms with Gasteiger partial charge in [-0.25, -0.2) is 4.98 Å². The molecule has 0 unspecified atom stereocenters. The van der Waals surface area contributed by atoms with Crippen molar-refractivity contribution in [3.8, 4) is 0 Å². The van der Waals surface area contributed by atoms with Gasteiger partial charge in [-0.3, -0.25) is 4.79 Å². The van der Waals surface area contributed by atoms with Crippen molar-refractivity contribution in [2.75, 3.05) is 51.4 Å². The highest BCUT2D eigenvalue weighted by molar-refractivity contribution is 5.78. The largest absolute Gasteiger partial charge is 0.396 e. The number of imidazole rings is 1. The van der Waals surface area contributed by atoms with E-state index in [1.165, 1.54) is 11.3 Å². The van der Waals surface area contributed by atoms with Gasteiger partial charge in [-0.2, -0.15) is 0 Å². The van der Waals surface area contributed by atoms with Crippen molar-refractivity contribution in [3.63, 3.8) is 0 Å². The number of likely N-dealkylation sites (tertiary alicyclic amines) is 1. The van der Waals surface area contributed by atoms with Crippen LogP contribution in [0.2, 0.25) is 0 Å². The number of benzene rings is 2. The van der Waals surface area contributed by atoms with Gasteiger partial charge >= 0.3 is 0 Å². The Kier molecular flexibility index (Phi) is 10.3. The summed E-state index contributed by atoms with van der Waals surface area (Å²) in [5.74, 6) is 2.09. The Balaban J connectivity index is 1.15. The molecule has 0 radical (unpaired) electrons. The summed E-state index contributed by atoms with van der Waals surface area (Å²) >= 11 is 0. The van der Waals surface area contributed by atoms with Crippen LogP contribution >= 0.6 is 0 Å². The van der Waals surface area contributed by atoms with Gasteiger partial charge < -0.3 is 29.9 Å². The minimum atomic E-state index is -0.207. The maximum Gasteiger partial charge on any atom is 0.224 e. The molecule has 2 atom stereocenters. The van der Waals surface area contributed by atoms with Crippen LogP contribution in [0.3, 0.4) is 0 Å². The van der Waals surface area contributed by atoms with Crippen LogP contribution in [-0.4, -0.2) is 78.0 Å². The number of para-hydroxylation sites is 2. The van der Waals surface area contributed by atoms with Crippen LogP contribution in [0.15, 0.2) is 48.5 Å². The van der Waals surface area contributed by atoms with Crippen LogP contribution in [0.25, 0.3) is 11.0 Å². The fourth-order valence-corrected chi connectivity index (χ4v) is 6.66. The zero-order valence-corrected chi connectivity index (χ0v) is 24.6. The fourth-order valence-electron chi connectivity index (χ4n) is 6.66. The van der Waals surface area contributed by atoms with Crippen molar-refractivity contribution in [2.24, 2.45) is 11.7 Å². The van der Waals surface area contributed by atoms with E-state index in [0.29, 0.717) is 38.5 Å². The fraction of sp³-hybridized carbons (Fsp3) is 0.576. The lowest BCUT2D eigenvalue weighted by Crippen LogP contribution is -2.42. The average Bonchev–Trinajstić information content (AvgIpc) is 3.37. The molecule has 0 bridgehead atoms. The smallest absolute Gasteiger partial charge is 0.224 e. The van der Waals surface area contributed by atoms with E-state index >= 15 is 0 Å². The van der Waals surface area contributed by atoms with E-state index in [2.05, 4.69) is 51.9 Å². The summed E-state index contributed by atoms with van der Waals surface area (Å²) < 4.78 is 7.64. The summed E-state index contributed by atoms with van der Waals surface area (Å²) in [6, 6.07) is 16.8. The molecule has 222 valence electrons. The second-order valence-corrected chi connectivity index (χ2v) is 11.9. The van der Waals surface area contributed by atoms with Crippen molar-refractivity contribution in [2.45, 2.75) is 69.9 Å². The molecule has 0 saturated carbocycles. The van der Waals surface area contributed by atoms with Crippen LogP contribution < -0.4 is 10.6 Å². The number of hydrogen-bond acceptors (Lipinski definition) is 6. The SMILES string of the molecule is COCCCn1c([C@@H]2CCCN(C(=O)C[C@H](N)Cc3ccc(N4CCC(CCO)CC4)cc3)C2)nc2ccccc21. The van der Waals surface area contributed by atoms with E-state index in [-0.39, 0.29) is 17.9 Å². The van der Waals surface area contributed by atoms with Gasteiger partial charge in [0.1, 0.15) is 5.82 Å². The minimum absolute atomic E-state index is 0.145. The molecule has 2 saturated heterocycles. The molecular formula is C33H47N5O3. The number of rotatable bonds is 12. The highest BCUT2D eigenvalue weighted by atomic mass is 16.5. The van der Waals surface area contributed by atoms with E-state index < -0.39 is 0 Å². The molecule has 0 spiro atoms. The Labute approximate surface area is 244 Å². The summed E-state index contributed by atoms with van der Waals surface area (Å²) in [5.41, 5.74) is 11.1. The van der Waals surface area contributed by atoms with E-state index in [9.17, 15) is 9.90 Å². The van der Waals surface area contributed by atoms with Gasteiger partial charge in [-0.1, -0.05) is 24.3 Å². The van der Waals surface area contributed by atoms with Gasteiger partial charge in [0.15, 0.2) is 0 Å². The Hall–Kier alpha value is -2.94. The zero-order valence-electron chi connectivity index (χ0n) is 24.6. The molecule has 3 aromatic rings. The molecule has 41 heavy (non-hydrogen) atoms. The van der Waals surface area contributed by atoms with Gasteiger partial charge in [0.05, 0.1) is 11.0 Å². The maximum atomic E-state index is 13.4. The first-order valence-corrected chi connectivity index (χ1v) is 15.5. The molecular weight excluding hydrogens is 514 g/mol. The van der Waals surface area contributed by atoms with Gasteiger partial charge in [0, 0.05) is 77.1 Å². The molecule has 0 aliphatic carbocycles. The third-order valence-electron chi connectivity index (χ3n) is 8.94. The van der Waals surface area contributed by atoms with Crippen molar-refractivity contribution >= 4 is 22.6 Å². The molecule has 2 aliphatic heterocycles. The number of nitrogens with zero attached hydrogens (tertiary/aromatic N) is 4. The number of ether oxygens (including phenoxy) is 1. The van der Waals surface area contributed by atoms with E-state index in [4.69, 9.17) is 15.5 Å². The van der Waals surface area contributed by atoms with Gasteiger partial charge in [-0.15, -0.1) is 0 Å². The summed E-state index contributed by atoms with van der Waals surface area (Å²) in [6.45, 7) is 5.43. The number of hydrogen-bond donors (Lipinski definition) is 2. The molecule has 8 nitrogen and oxygen atoms in total. The van der Waals surface area contributed by atoms with Gasteiger partial charge in [-0.05, 0) is 80.7 Å². The van der Waals surface area contributed by atoms with Crippen LogP contribution in [0.4, 0.5) is 5.69 Å².